The van der Waals surface area contributed by atoms with Gasteiger partial charge in [-0.15, -0.1) is 0 Å². The molecule has 0 radical (unpaired) electrons. The topological polar surface area (TPSA) is 80.3 Å². The Morgan fingerprint density at radius 2 is 2.38 bits per heavy atom. The first-order valence-corrected chi connectivity index (χ1v) is 7.88. The number of aliphatic hydroxyl groups excluding tert-OH is 1. The first-order chi connectivity index (χ1) is 9.99. The number of nitrogens with one attached hydrogen (secondary N) is 1. The molecule has 0 aromatic carbocycles. The number of nitrogens with zero attached hydrogens (tertiary/aromatic N) is 1. The van der Waals surface area contributed by atoms with E-state index < -0.39 is 5.54 Å². The number of amides is 1. The predicted octanol–water partition coefficient (Wildman–Crippen LogP) is 2.15. The summed E-state index contributed by atoms with van der Waals surface area (Å²) in [6.07, 6.45) is 6.61. The van der Waals surface area contributed by atoms with Gasteiger partial charge < -0.3 is 20.7 Å². The van der Waals surface area contributed by atoms with Crippen LogP contribution in [0.2, 0.25) is 0 Å². The molecule has 2 rings (SSSR count). The highest BCUT2D eigenvalue weighted by Crippen LogP contribution is 2.32. The van der Waals surface area contributed by atoms with E-state index in [0.29, 0.717) is 17.3 Å². The highest BCUT2D eigenvalue weighted by Gasteiger charge is 2.36. The summed E-state index contributed by atoms with van der Waals surface area (Å²) < 4.78 is 1.89. The van der Waals surface area contributed by atoms with Crippen LogP contribution in [0.15, 0.2) is 12.3 Å². The van der Waals surface area contributed by atoms with E-state index in [4.69, 9.17) is 5.73 Å². The molecule has 2 unspecified atom stereocenters. The molecule has 118 valence electrons. The maximum Gasteiger partial charge on any atom is 0.268 e. The Kier molecular flexibility index (Phi) is 4.93. The summed E-state index contributed by atoms with van der Waals surface area (Å²) in [5.74, 6) is 0.391. The van der Waals surface area contributed by atoms with Crippen LogP contribution in [0.3, 0.4) is 0 Å². The van der Waals surface area contributed by atoms with Gasteiger partial charge in [-0.1, -0.05) is 26.7 Å². The SMILES string of the molecule is CCCn1cc(N)cc1C(=O)NC1(CO)CCCC(C)C1. The van der Waals surface area contributed by atoms with Gasteiger partial charge in [-0.3, -0.25) is 4.79 Å². The van der Waals surface area contributed by atoms with Crippen molar-refractivity contribution in [2.24, 2.45) is 5.92 Å². The Bertz CT molecular complexity index is 498. The number of anilines is 1. The van der Waals surface area contributed by atoms with Crippen molar-refractivity contribution >= 4 is 11.6 Å². The van der Waals surface area contributed by atoms with E-state index in [0.717, 1.165) is 38.6 Å². The second kappa shape index (κ2) is 6.52. The molecule has 1 aromatic rings. The molecule has 1 saturated carbocycles. The minimum Gasteiger partial charge on any atom is -0.397 e. The van der Waals surface area contributed by atoms with Crippen molar-refractivity contribution in [3.8, 4) is 0 Å². The maximum atomic E-state index is 12.6. The van der Waals surface area contributed by atoms with Gasteiger partial charge in [0, 0.05) is 12.7 Å². The molecule has 0 spiro atoms. The number of carbonyl (C=O) groups excluding carboxylic acids is 1. The summed E-state index contributed by atoms with van der Waals surface area (Å²) in [5.41, 5.74) is 6.52. The highest BCUT2D eigenvalue weighted by atomic mass is 16.3. The fourth-order valence-electron chi connectivity index (χ4n) is 3.41. The summed E-state index contributed by atoms with van der Waals surface area (Å²) in [5, 5.41) is 12.9. The van der Waals surface area contributed by atoms with Gasteiger partial charge >= 0.3 is 0 Å². The molecule has 1 amide bonds. The molecular formula is C16H27N3O2. The largest absolute Gasteiger partial charge is 0.397 e. The Balaban J connectivity index is 2.16. The van der Waals surface area contributed by atoms with Gasteiger partial charge in [0.15, 0.2) is 0 Å². The average Bonchev–Trinajstić information content (AvgIpc) is 2.80. The first-order valence-electron chi connectivity index (χ1n) is 7.88. The van der Waals surface area contributed by atoms with E-state index in [1.807, 2.05) is 4.57 Å². The number of nitrogen functional groups attached to an aromatic ring is 1. The van der Waals surface area contributed by atoms with E-state index in [1.165, 1.54) is 0 Å². The van der Waals surface area contributed by atoms with Gasteiger partial charge in [0.25, 0.3) is 5.91 Å². The zero-order valence-corrected chi connectivity index (χ0v) is 13.1. The molecule has 5 heteroatoms. The van der Waals surface area contributed by atoms with Gasteiger partial charge in [0.1, 0.15) is 5.69 Å². The molecular weight excluding hydrogens is 266 g/mol. The second-order valence-corrected chi connectivity index (χ2v) is 6.45. The predicted molar refractivity (Wildman–Crippen MR) is 84.1 cm³/mol. The van der Waals surface area contributed by atoms with E-state index in [1.54, 1.807) is 12.3 Å². The molecule has 1 aromatic heterocycles. The Labute approximate surface area is 126 Å². The Morgan fingerprint density at radius 3 is 3.00 bits per heavy atom. The van der Waals surface area contributed by atoms with E-state index in [-0.39, 0.29) is 12.5 Å². The number of hydrogen-bond donors (Lipinski definition) is 3. The summed E-state index contributed by atoms with van der Waals surface area (Å²) in [6, 6.07) is 1.71. The van der Waals surface area contributed by atoms with Crippen LogP contribution in [0.5, 0.6) is 0 Å². The third kappa shape index (κ3) is 3.59. The van der Waals surface area contributed by atoms with Crippen LogP contribution < -0.4 is 11.1 Å². The lowest BCUT2D eigenvalue weighted by atomic mass is 9.77. The number of carbonyl (C=O) groups is 1. The van der Waals surface area contributed by atoms with Crippen molar-refractivity contribution in [2.45, 2.75) is 58.0 Å². The van der Waals surface area contributed by atoms with Crippen molar-refractivity contribution < 1.29 is 9.90 Å². The molecule has 1 aliphatic carbocycles. The summed E-state index contributed by atoms with van der Waals surface area (Å²) in [6.45, 7) is 5.00. The lowest BCUT2D eigenvalue weighted by molar-refractivity contribution is 0.0689. The smallest absolute Gasteiger partial charge is 0.268 e. The lowest BCUT2D eigenvalue weighted by Crippen LogP contribution is -2.54. The van der Waals surface area contributed by atoms with Crippen LogP contribution in [0.4, 0.5) is 5.69 Å². The molecule has 5 nitrogen and oxygen atoms in total. The average molecular weight is 293 g/mol. The number of aryl methyl sites for hydroxylation is 1. The highest BCUT2D eigenvalue weighted by molar-refractivity contribution is 5.94. The number of hydrogen-bond acceptors (Lipinski definition) is 3. The molecule has 0 saturated heterocycles. The fourth-order valence-corrected chi connectivity index (χ4v) is 3.41. The molecule has 1 heterocycles. The third-order valence-electron chi connectivity index (χ3n) is 4.39. The number of rotatable bonds is 5. The van der Waals surface area contributed by atoms with E-state index in [9.17, 15) is 9.90 Å². The molecule has 0 bridgehead atoms. The van der Waals surface area contributed by atoms with Crippen LogP contribution in [0.25, 0.3) is 0 Å². The standard InChI is InChI=1S/C16H27N3O2/c1-3-7-19-10-13(17)8-14(19)15(21)18-16(11-20)6-4-5-12(2)9-16/h8,10,12,20H,3-7,9,11,17H2,1-2H3,(H,18,21). The summed E-state index contributed by atoms with van der Waals surface area (Å²) in [7, 11) is 0. The van der Waals surface area contributed by atoms with E-state index >= 15 is 0 Å². The van der Waals surface area contributed by atoms with Gasteiger partial charge in [0.05, 0.1) is 17.8 Å². The molecule has 1 aliphatic rings. The van der Waals surface area contributed by atoms with Crippen LogP contribution in [0.1, 0.15) is 56.4 Å². The van der Waals surface area contributed by atoms with Crippen LogP contribution >= 0.6 is 0 Å². The second-order valence-electron chi connectivity index (χ2n) is 6.45. The fraction of sp³-hybridized carbons (Fsp3) is 0.688. The van der Waals surface area contributed by atoms with Gasteiger partial charge in [-0.2, -0.15) is 0 Å². The Morgan fingerprint density at radius 1 is 1.62 bits per heavy atom. The lowest BCUT2D eigenvalue weighted by Gasteiger charge is -2.39. The number of nitrogens with two attached hydrogens (primary N) is 1. The van der Waals surface area contributed by atoms with Crippen LogP contribution in [-0.4, -0.2) is 27.7 Å². The third-order valence-corrected chi connectivity index (χ3v) is 4.39. The van der Waals surface area contributed by atoms with E-state index in [2.05, 4.69) is 19.2 Å². The zero-order chi connectivity index (χ0) is 15.5. The minimum atomic E-state index is -0.481. The summed E-state index contributed by atoms with van der Waals surface area (Å²) >= 11 is 0. The van der Waals surface area contributed by atoms with Crippen molar-refractivity contribution in [2.75, 3.05) is 12.3 Å². The van der Waals surface area contributed by atoms with Gasteiger partial charge in [-0.25, -0.2) is 0 Å². The Hall–Kier alpha value is -1.49. The maximum absolute atomic E-state index is 12.6. The van der Waals surface area contributed by atoms with Crippen LogP contribution in [-0.2, 0) is 6.54 Å². The number of aromatic nitrogens is 1. The minimum absolute atomic E-state index is 0.00690. The van der Waals surface area contributed by atoms with Gasteiger partial charge in [-0.05, 0) is 31.2 Å². The number of aliphatic hydroxyl groups is 1. The molecule has 0 aliphatic heterocycles. The molecule has 21 heavy (non-hydrogen) atoms. The van der Waals surface area contributed by atoms with Crippen LogP contribution in [0, 0.1) is 5.92 Å². The molecule has 4 N–H and O–H groups in total. The monoisotopic (exact) mass is 293 g/mol. The van der Waals surface area contributed by atoms with Crippen molar-refractivity contribution in [3.63, 3.8) is 0 Å². The van der Waals surface area contributed by atoms with Crippen molar-refractivity contribution in [1.82, 2.24) is 9.88 Å². The summed E-state index contributed by atoms with van der Waals surface area (Å²) in [4.78, 5) is 12.6. The quantitative estimate of drug-likeness (QED) is 0.778. The first kappa shape index (κ1) is 15.9. The van der Waals surface area contributed by atoms with Crippen molar-refractivity contribution in [1.29, 1.82) is 0 Å². The molecule has 2 atom stereocenters. The van der Waals surface area contributed by atoms with Crippen molar-refractivity contribution in [3.05, 3.63) is 18.0 Å². The zero-order valence-electron chi connectivity index (χ0n) is 13.1. The van der Waals surface area contributed by atoms with Gasteiger partial charge in [0.2, 0.25) is 0 Å². The normalized spacial score (nSPS) is 25.8. The molecule has 1 fully saturated rings.